The molecule has 2 aliphatic rings. The van der Waals surface area contributed by atoms with Crippen LogP contribution in [0.2, 0.25) is 5.02 Å². The summed E-state index contributed by atoms with van der Waals surface area (Å²) >= 11 is 8.13. The number of nitrogens with zero attached hydrogens (tertiary/aromatic N) is 1. The molecule has 1 aliphatic carbocycles. The number of nitro benzene ring substituents is 1. The van der Waals surface area contributed by atoms with Crippen LogP contribution in [0.25, 0.3) is 0 Å². The zero-order valence-electron chi connectivity index (χ0n) is 18.6. The molecule has 1 aromatic rings. The van der Waals surface area contributed by atoms with Crippen molar-refractivity contribution in [3.05, 3.63) is 61.4 Å². The highest BCUT2D eigenvalue weighted by Gasteiger charge is 2.44. The van der Waals surface area contributed by atoms with Crippen molar-refractivity contribution in [1.82, 2.24) is 5.32 Å². The van der Waals surface area contributed by atoms with Gasteiger partial charge in [-0.2, -0.15) is 11.8 Å². The number of ether oxygens (including phenoxy) is 1. The molecule has 0 aromatic heterocycles. The Balaban J connectivity index is 2.13. The third kappa shape index (κ3) is 5.02. The molecule has 0 saturated carbocycles. The molecule has 1 atom stereocenters. The summed E-state index contributed by atoms with van der Waals surface area (Å²) in [6.07, 6.45) is 0.926. The number of halogens is 1. The first-order valence-electron chi connectivity index (χ1n) is 10.5. The largest absolute Gasteiger partial charge is 0.461 e. The first-order chi connectivity index (χ1) is 15.1. The van der Waals surface area contributed by atoms with Crippen LogP contribution in [0, 0.1) is 15.5 Å². The van der Waals surface area contributed by atoms with Gasteiger partial charge in [0, 0.05) is 52.2 Å². The lowest BCUT2D eigenvalue weighted by molar-refractivity contribution is -0.384. The van der Waals surface area contributed by atoms with E-state index >= 15 is 0 Å². The summed E-state index contributed by atoms with van der Waals surface area (Å²) in [6.45, 7) is 8.04. The fourth-order valence-electron chi connectivity index (χ4n) is 4.30. The van der Waals surface area contributed by atoms with Gasteiger partial charge < -0.3 is 10.1 Å². The van der Waals surface area contributed by atoms with Gasteiger partial charge in [-0.15, -0.1) is 0 Å². The highest BCUT2D eigenvalue weighted by atomic mass is 35.5. The lowest BCUT2D eigenvalue weighted by Crippen LogP contribution is -2.38. The molecule has 1 unspecified atom stereocenters. The number of nitrogens with one attached hydrogen (secondary N) is 1. The van der Waals surface area contributed by atoms with E-state index in [1.165, 1.54) is 18.2 Å². The van der Waals surface area contributed by atoms with Crippen LogP contribution in [-0.4, -0.2) is 34.8 Å². The van der Waals surface area contributed by atoms with Gasteiger partial charge in [0.2, 0.25) is 0 Å². The highest BCUT2D eigenvalue weighted by Crippen LogP contribution is 2.48. The number of ketones is 1. The van der Waals surface area contributed by atoms with Gasteiger partial charge in [-0.3, -0.25) is 14.9 Å². The molecule has 0 spiro atoms. The van der Waals surface area contributed by atoms with E-state index in [2.05, 4.69) is 5.32 Å². The maximum absolute atomic E-state index is 13.3. The summed E-state index contributed by atoms with van der Waals surface area (Å²) < 4.78 is 5.51. The average molecular weight is 479 g/mol. The number of esters is 1. The molecule has 32 heavy (non-hydrogen) atoms. The molecular formula is C23H27ClN2O5S. The standard InChI is InChI=1S/C23H27ClN2O5S/c1-5-32-9-8-31-22(28)19-13(2)25-17-11-23(3,4)12-18(27)21(17)20(19)15-10-14(26(29)30)6-7-16(15)24/h6-7,10,20,25H,5,8-9,11-12H2,1-4H3. The Bertz CT molecular complexity index is 1030. The van der Waals surface area contributed by atoms with Crippen molar-refractivity contribution in [3.63, 3.8) is 0 Å². The van der Waals surface area contributed by atoms with Gasteiger partial charge in [0.25, 0.3) is 5.69 Å². The van der Waals surface area contributed by atoms with Crippen molar-refractivity contribution < 1.29 is 19.2 Å². The van der Waals surface area contributed by atoms with E-state index in [-0.39, 0.29) is 34.1 Å². The number of nitro groups is 1. The average Bonchev–Trinajstić information content (AvgIpc) is 2.69. The minimum atomic E-state index is -0.825. The maximum atomic E-state index is 13.3. The Kier molecular flexibility index (Phi) is 7.35. The molecule has 0 amide bonds. The number of allylic oxidation sites excluding steroid dienone is 3. The lowest BCUT2D eigenvalue weighted by Gasteiger charge is -2.39. The number of carbonyl (C=O) groups is 2. The quantitative estimate of drug-likeness (QED) is 0.250. The van der Waals surface area contributed by atoms with E-state index in [1.54, 1.807) is 18.7 Å². The summed E-state index contributed by atoms with van der Waals surface area (Å²) in [7, 11) is 0. The summed E-state index contributed by atoms with van der Waals surface area (Å²) in [5, 5.41) is 14.9. The van der Waals surface area contributed by atoms with Gasteiger partial charge in [-0.05, 0) is 36.1 Å². The van der Waals surface area contributed by atoms with E-state index < -0.39 is 16.8 Å². The number of hydrogen-bond donors (Lipinski definition) is 1. The number of Topliss-reactive ketones (excluding diaryl/α,β-unsaturated/α-hetero) is 1. The maximum Gasteiger partial charge on any atom is 0.336 e. The van der Waals surface area contributed by atoms with Crippen LogP contribution in [0.1, 0.15) is 52.0 Å². The lowest BCUT2D eigenvalue weighted by atomic mass is 9.68. The Morgan fingerprint density at radius 3 is 2.75 bits per heavy atom. The van der Waals surface area contributed by atoms with Crippen LogP contribution in [0.5, 0.6) is 0 Å². The van der Waals surface area contributed by atoms with Gasteiger partial charge in [0.1, 0.15) is 6.61 Å². The van der Waals surface area contributed by atoms with Crippen LogP contribution in [0.15, 0.2) is 40.7 Å². The normalized spacial score (nSPS) is 20.0. The summed E-state index contributed by atoms with van der Waals surface area (Å²) in [5.74, 6) is 0.0890. The van der Waals surface area contributed by atoms with Crippen molar-refractivity contribution in [2.45, 2.75) is 46.5 Å². The molecule has 0 radical (unpaired) electrons. The van der Waals surface area contributed by atoms with E-state index in [0.29, 0.717) is 35.4 Å². The molecule has 1 N–H and O–H groups in total. The topological polar surface area (TPSA) is 98.5 Å². The second-order valence-electron chi connectivity index (χ2n) is 8.73. The number of rotatable bonds is 7. The second-order valence-corrected chi connectivity index (χ2v) is 10.5. The summed E-state index contributed by atoms with van der Waals surface area (Å²) in [6, 6.07) is 4.10. The van der Waals surface area contributed by atoms with Crippen molar-refractivity contribution in [1.29, 1.82) is 0 Å². The Morgan fingerprint density at radius 1 is 1.38 bits per heavy atom. The molecule has 0 saturated heterocycles. The number of hydrogen-bond acceptors (Lipinski definition) is 7. The number of carbonyl (C=O) groups excluding carboxylic acids is 2. The second kappa shape index (κ2) is 9.67. The van der Waals surface area contributed by atoms with E-state index in [9.17, 15) is 19.7 Å². The van der Waals surface area contributed by atoms with Crippen molar-refractivity contribution in [3.8, 4) is 0 Å². The molecule has 1 aliphatic heterocycles. The van der Waals surface area contributed by atoms with E-state index in [1.807, 2.05) is 20.8 Å². The first kappa shape index (κ1) is 24.3. The van der Waals surface area contributed by atoms with E-state index in [4.69, 9.17) is 16.3 Å². The third-order valence-corrected chi connectivity index (χ3v) is 6.83. The van der Waals surface area contributed by atoms with Gasteiger partial charge >= 0.3 is 5.97 Å². The zero-order chi connectivity index (χ0) is 23.6. The highest BCUT2D eigenvalue weighted by molar-refractivity contribution is 7.99. The fraction of sp³-hybridized carbons (Fsp3) is 0.478. The molecule has 1 heterocycles. The number of dihydropyridines is 1. The van der Waals surface area contributed by atoms with Crippen LogP contribution in [0.3, 0.4) is 0 Å². The van der Waals surface area contributed by atoms with Crippen LogP contribution >= 0.6 is 23.4 Å². The van der Waals surface area contributed by atoms with Crippen LogP contribution in [0.4, 0.5) is 5.69 Å². The SMILES string of the molecule is CCSCCOC(=O)C1=C(C)NC2=C(C(=O)CC(C)(C)C2)C1c1cc([N+](=O)[O-])ccc1Cl. The number of benzene rings is 1. The van der Waals surface area contributed by atoms with E-state index in [0.717, 1.165) is 11.4 Å². The minimum Gasteiger partial charge on any atom is -0.461 e. The van der Waals surface area contributed by atoms with Gasteiger partial charge in [-0.25, -0.2) is 4.79 Å². The molecule has 0 bridgehead atoms. The van der Waals surface area contributed by atoms with Crippen LogP contribution in [-0.2, 0) is 14.3 Å². The Morgan fingerprint density at radius 2 is 2.09 bits per heavy atom. The minimum absolute atomic E-state index is 0.101. The zero-order valence-corrected chi connectivity index (χ0v) is 20.2. The summed E-state index contributed by atoms with van der Waals surface area (Å²) in [4.78, 5) is 37.3. The molecule has 9 heteroatoms. The predicted octanol–water partition coefficient (Wildman–Crippen LogP) is 5.15. The Labute approximate surface area is 196 Å². The monoisotopic (exact) mass is 478 g/mol. The van der Waals surface area contributed by atoms with Crippen molar-refractivity contribution in [2.75, 3.05) is 18.1 Å². The molecule has 3 rings (SSSR count). The van der Waals surface area contributed by atoms with Gasteiger partial charge in [0.15, 0.2) is 5.78 Å². The number of non-ortho nitro benzene ring substituents is 1. The molecular weight excluding hydrogens is 452 g/mol. The summed E-state index contributed by atoms with van der Waals surface area (Å²) in [5.41, 5.74) is 1.96. The van der Waals surface area contributed by atoms with Gasteiger partial charge in [0.05, 0.1) is 10.5 Å². The van der Waals surface area contributed by atoms with Crippen molar-refractivity contribution in [2.24, 2.45) is 5.41 Å². The Hall–Kier alpha value is -2.32. The predicted molar refractivity (Wildman–Crippen MR) is 126 cm³/mol. The first-order valence-corrected chi connectivity index (χ1v) is 12.0. The third-order valence-electron chi connectivity index (χ3n) is 5.63. The number of thioether (sulfide) groups is 1. The molecule has 7 nitrogen and oxygen atoms in total. The van der Waals surface area contributed by atoms with Gasteiger partial charge in [-0.1, -0.05) is 32.4 Å². The van der Waals surface area contributed by atoms with Crippen LogP contribution < -0.4 is 5.32 Å². The molecule has 1 aromatic carbocycles. The smallest absolute Gasteiger partial charge is 0.336 e. The molecule has 172 valence electrons. The fourth-order valence-corrected chi connectivity index (χ4v) is 5.02. The van der Waals surface area contributed by atoms with Crippen molar-refractivity contribution >= 4 is 40.8 Å². The molecule has 0 fully saturated rings.